The maximum absolute atomic E-state index is 13.8. The summed E-state index contributed by atoms with van der Waals surface area (Å²) >= 11 is 0. The Balaban J connectivity index is 2.66. The van der Waals surface area contributed by atoms with Crippen molar-refractivity contribution in [2.75, 3.05) is 19.5 Å². The van der Waals surface area contributed by atoms with Gasteiger partial charge in [-0.3, -0.25) is 15.0 Å². The summed E-state index contributed by atoms with van der Waals surface area (Å²) in [4.78, 5) is 32.4. The number of hydrogen-bond donors (Lipinski definition) is 4. The van der Waals surface area contributed by atoms with E-state index in [-0.39, 0.29) is 31.8 Å². The Morgan fingerprint density at radius 2 is 1.95 bits per heavy atom. The molecule has 0 aromatic heterocycles. The third-order valence-corrected chi connectivity index (χ3v) is 8.59. The normalized spacial score (nSPS) is 19.8. The average molecular weight is 540 g/mol. The van der Waals surface area contributed by atoms with Crippen LogP contribution in [0.1, 0.15) is 57.9 Å². The molecule has 1 heterocycles. The number of hydrogen-bond acceptors (Lipinski definition) is 8. The molecule has 0 spiro atoms. The number of aliphatic hydroxyl groups is 1. The zero-order valence-corrected chi connectivity index (χ0v) is 22.7. The van der Waals surface area contributed by atoms with Crippen molar-refractivity contribution >= 4 is 27.7 Å². The lowest BCUT2D eigenvalue weighted by atomic mass is 9.74. The highest BCUT2D eigenvalue weighted by atomic mass is 32.2. The van der Waals surface area contributed by atoms with Gasteiger partial charge in [-0.1, -0.05) is 56.3 Å². The fourth-order valence-corrected chi connectivity index (χ4v) is 6.35. The van der Waals surface area contributed by atoms with Crippen molar-refractivity contribution in [3.8, 4) is 0 Å². The van der Waals surface area contributed by atoms with Gasteiger partial charge in [-0.25, -0.2) is 24.6 Å². The number of ether oxygens (including phenoxy) is 1. The lowest BCUT2D eigenvalue weighted by molar-refractivity contribution is -0.203. The van der Waals surface area contributed by atoms with Crippen molar-refractivity contribution < 1.29 is 32.7 Å². The lowest BCUT2D eigenvalue weighted by Gasteiger charge is -2.40. The number of rotatable bonds is 14. The fourth-order valence-electron chi connectivity index (χ4n) is 4.78. The SMILES string of the molecule is CC(C)C[C@@H](C(=O)NN)[C@@H](C(=O)NOC1CCCCO1)C(/C=C/c1ccccc1)(CCCO)S(C)(=O)=O. The van der Waals surface area contributed by atoms with Crippen LogP contribution in [0, 0.1) is 17.8 Å². The molecule has 11 heteroatoms. The average Bonchev–Trinajstić information content (AvgIpc) is 2.88. The summed E-state index contributed by atoms with van der Waals surface area (Å²) in [5.41, 5.74) is 5.22. The first-order valence-corrected chi connectivity index (χ1v) is 14.6. The first-order chi connectivity index (χ1) is 17.6. The summed E-state index contributed by atoms with van der Waals surface area (Å²) in [5.74, 6) is 1.49. The number of hydrazine groups is 1. The molecule has 1 aromatic carbocycles. The minimum atomic E-state index is -4.05. The topological polar surface area (TPSA) is 157 Å². The standard InChI is InChI=1S/C26H41N3O7S/c1-19(2)18-21(24(31)28-27)23(25(32)29-36-22-12-7-8-17-35-22)26(14-9-16-30,37(3,33)34)15-13-20-10-5-4-6-11-20/h4-6,10-11,13,15,19,21-23,30H,7-9,12,14,16-18,27H2,1-3H3,(H,28,31)(H,29,32)/b15-13+/t21-,22?,23+,26?/m1/s1. The molecule has 1 aromatic rings. The smallest absolute Gasteiger partial charge is 0.249 e. The predicted octanol–water partition coefficient (Wildman–Crippen LogP) is 2.10. The molecule has 1 saturated heterocycles. The summed E-state index contributed by atoms with van der Waals surface area (Å²) in [6.07, 6.45) is 5.94. The van der Waals surface area contributed by atoms with Crippen molar-refractivity contribution in [3.63, 3.8) is 0 Å². The fraction of sp³-hybridized carbons (Fsp3) is 0.615. The van der Waals surface area contributed by atoms with Gasteiger partial charge in [0.25, 0.3) is 0 Å². The van der Waals surface area contributed by atoms with E-state index in [1.165, 1.54) is 6.08 Å². The molecule has 4 atom stereocenters. The van der Waals surface area contributed by atoms with E-state index >= 15 is 0 Å². The molecule has 0 bridgehead atoms. The van der Waals surface area contributed by atoms with Crippen LogP contribution in [0.3, 0.4) is 0 Å². The van der Waals surface area contributed by atoms with E-state index < -0.39 is 44.5 Å². The number of carbonyl (C=O) groups excluding carboxylic acids is 2. The summed E-state index contributed by atoms with van der Waals surface area (Å²) < 4.78 is 30.9. The van der Waals surface area contributed by atoms with Gasteiger partial charge < -0.3 is 9.84 Å². The van der Waals surface area contributed by atoms with Crippen LogP contribution in [-0.4, -0.2) is 55.8 Å². The molecule has 1 aliphatic rings. The van der Waals surface area contributed by atoms with Crippen LogP contribution in [-0.2, 0) is 29.0 Å². The van der Waals surface area contributed by atoms with Gasteiger partial charge in [0.15, 0.2) is 16.1 Å². The maximum Gasteiger partial charge on any atom is 0.249 e. The Morgan fingerprint density at radius 1 is 1.24 bits per heavy atom. The van der Waals surface area contributed by atoms with Crippen LogP contribution in [0.4, 0.5) is 0 Å². The van der Waals surface area contributed by atoms with Gasteiger partial charge in [0, 0.05) is 25.9 Å². The largest absolute Gasteiger partial charge is 0.396 e. The minimum Gasteiger partial charge on any atom is -0.396 e. The van der Waals surface area contributed by atoms with Gasteiger partial charge in [-0.15, -0.1) is 0 Å². The van der Waals surface area contributed by atoms with Crippen molar-refractivity contribution in [1.29, 1.82) is 0 Å². The first-order valence-electron chi connectivity index (χ1n) is 12.7. The summed E-state index contributed by atoms with van der Waals surface area (Å²) in [6, 6.07) is 9.04. The van der Waals surface area contributed by atoms with Crippen molar-refractivity contribution in [1.82, 2.24) is 10.9 Å². The molecule has 0 aliphatic carbocycles. The second-order valence-corrected chi connectivity index (χ2v) is 12.2. The molecule has 1 fully saturated rings. The highest BCUT2D eigenvalue weighted by molar-refractivity contribution is 7.92. The van der Waals surface area contributed by atoms with Crippen LogP contribution >= 0.6 is 0 Å². The van der Waals surface area contributed by atoms with Gasteiger partial charge in [0.05, 0.1) is 11.8 Å². The molecule has 0 radical (unpaired) electrons. The number of hydroxylamine groups is 1. The second-order valence-electron chi connectivity index (χ2n) is 9.90. The second kappa shape index (κ2) is 14.6. The van der Waals surface area contributed by atoms with E-state index in [1.807, 2.05) is 19.9 Å². The minimum absolute atomic E-state index is 0.0617. The number of sulfone groups is 1. The van der Waals surface area contributed by atoms with Crippen LogP contribution in [0.15, 0.2) is 36.4 Å². The van der Waals surface area contributed by atoms with Gasteiger partial charge >= 0.3 is 0 Å². The molecule has 2 rings (SSSR count). The van der Waals surface area contributed by atoms with Crippen LogP contribution in [0.25, 0.3) is 6.08 Å². The Morgan fingerprint density at radius 3 is 2.49 bits per heavy atom. The Bertz CT molecular complexity index is 995. The lowest BCUT2D eigenvalue weighted by Crippen LogP contribution is -2.57. The molecular formula is C26H41N3O7S. The van der Waals surface area contributed by atoms with E-state index in [4.69, 9.17) is 15.4 Å². The monoisotopic (exact) mass is 539 g/mol. The highest BCUT2D eigenvalue weighted by Crippen LogP contribution is 2.41. The molecule has 208 valence electrons. The van der Waals surface area contributed by atoms with Crippen molar-refractivity contribution in [3.05, 3.63) is 42.0 Å². The van der Waals surface area contributed by atoms with Crippen LogP contribution < -0.4 is 16.7 Å². The first kappa shape index (κ1) is 30.9. The Kier molecular flexibility index (Phi) is 12.2. The summed E-state index contributed by atoms with van der Waals surface area (Å²) in [5, 5.41) is 9.65. The molecule has 0 saturated carbocycles. The predicted molar refractivity (Wildman–Crippen MR) is 141 cm³/mol. The molecule has 5 N–H and O–H groups in total. The van der Waals surface area contributed by atoms with Crippen molar-refractivity contribution in [2.24, 2.45) is 23.6 Å². The zero-order valence-electron chi connectivity index (χ0n) is 21.9. The van der Waals surface area contributed by atoms with Gasteiger partial charge in [-0.05, 0) is 43.6 Å². The summed E-state index contributed by atoms with van der Waals surface area (Å²) in [7, 11) is -4.05. The number of aliphatic hydroxyl groups excluding tert-OH is 1. The van der Waals surface area contributed by atoms with E-state index in [2.05, 4.69) is 10.9 Å². The number of carbonyl (C=O) groups is 2. The van der Waals surface area contributed by atoms with Gasteiger partial charge in [-0.2, -0.15) is 0 Å². The molecule has 2 amide bonds. The van der Waals surface area contributed by atoms with Crippen molar-refractivity contribution in [2.45, 2.75) is 63.4 Å². The van der Waals surface area contributed by atoms with E-state index in [0.717, 1.165) is 19.1 Å². The Labute approximate surface area is 219 Å². The molecule has 37 heavy (non-hydrogen) atoms. The van der Waals surface area contributed by atoms with E-state index in [9.17, 15) is 23.1 Å². The number of amides is 2. The van der Waals surface area contributed by atoms with E-state index in [1.54, 1.807) is 30.3 Å². The van der Waals surface area contributed by atoms with Gasteiger partial charge in [0.2, 0.25) is 11.8 Å². The molecular weight excluding hydrogens is 498 g/mol. The third kappa shape index (κ3) is 8.61. The zero-order chi connectivity index (χ0) is 27.5. The molecule has 1 aliphatic heterocycles. The number of benzene rings is 1. The summed E-state index contributed by atoms with van der Waals surface area (Å²) in [6.45, 7) is 3.93. The quantitative estimate of drug-likeness (QED) is 0.159. The molecule has 10 nitrogen and oxygen atoms in total. The third-order valence-electron chi connectivity index (χ3n) is 6.62. The van der Waals surface area contributed by atoms with Crippen LogP contribution in [0.2, 0.25) is 0 Å². The van der Waals surface area contributed by atoms with Gasteiger partial charge in [0.1, 0.15) is 4.75 Å². The molecule has 2 unspecified atom stereocenters. The van der Waals surface area contributed by atoms with Crippen LogP contribution in [0.5, 0.6) is 0 Å². The number of nitrogens with two attached hydrogens (primary N) is 1. The van der Waals surface area contributed by atoms with E-state index in [0.29, 0.717) is 18.6 Å². The number of nitrogens with one attached hydrogen (secondary N) is 2. The Hall–Kier alpha value is -2.31. The highest BCUT2D eigenvalue weighted by Gasteiger charge is 2.54. The maximum atomic E-state index is 13.8.